The van der Waals surface area contributed by atoms with E-state index >= 15 is 0 Å². The predicted octanol–water partition coefficient (Wildman–Crippen LogP) is 2.62. The van der Waals surface area contributed by atoms with Crippen molar-refractivity contribution in [1.29, 1.82) is 0 Å². The molecule has 0 aliphatic carbocycles. The van der Waals surface area contributed by atoms with Crippen molar-refractivity contribution in [2.75, 3.05) is 25.5 Å². The molecule has 2 rings (SSSR count). The summed E-state index contributed by atoms with van der Waals surface area (Å²) >= 11 is 0. The van der Waals surface area contributed by atoms with Gasteiger partial charge in [0.15, 0.2) is 0 Å². The van der Waals surface area contributed by atoms with Gasteiger partial charge in [-0.15, -0.1) is 0 Å². The molecule has 0 aliphatic rings. The Bertz CT molecular complexity index is 600. The second kappa shape index (κ2) is 8.02. The molecule has 0 radical (unpaired) electrons. The highest BCUT2D eigenvalue weighted by molar-refractivity contribution is 5.67. The van der Waals surface area contributed by atoms with Crippen molar-refractivity contribution in [3.8, 4) is 0 Å². The van der Waals surface area contributed by atoms with Crippen LogP contribution in [0.15, 0.2) is 48.5 Å². The molecular weight excluding hydrogens is 278 g/mol. The minimum atomic E-state index is -0.410. The third-order valence-electron chi connectivity index (χ3n) is 3.11. The molecule has 2 aromatic rings. The molecule has 0 atom stereocenters. The van der Waals surface area contributed by atoms with Crippen LogP contribution >= 0.6 is 0 Å². The second-order valence-electron chi connectivity index (χ2n) is 5.12. The highest BCUT2D eigenvalue weighted by Gasteiger charge is 2.04. The summed E-state index contributed by atoms with van der Waals surface area (Å²) in [7, 11) is 3.90. The molecule has 1 heterocycles. The van der Waals surface area contributed by atoms with Gasteiger partial charge in [-0.1, -0.05) is 36.4 Å². The van der Waals surface area contributed by atoms with Gasteiger partial charge in [-0.2, -0.15) is 0 Å². The number of anilines is 1. The minimum Gasteiger partial charge on any atom is -0.445 e. The number of carbonyl (C=O) groups excluding carboxylic acids is 1. The largest absolute Gasteiger partial charge is 0.445 e. The number of hydrogen-bond donors (Lipinski definition) is 1. The zero-order chi connectivity index (χ0) is 15.8. The lowest BCUT2D eigenvalue weighted by Gasteiger charge is -2.12. The van der Waals surface area contributed by atoms with Crippen LogP contribution in [0.5, 0.6) is 0 Å². The maximum absolute atomic E-state index is 11.6. The second-order valence-corrected chi connectivity index (χ2v) is 5.12. The number of alkyl carbamates (subject to hydrolysis) is 1. The molecule has 116 valence electrons. The molecule has 5 nitrogen and oxygen atoms in total. The number of ether oxygens (including phenoxy) is 1. The van der Waals surface area contributed by atoms with Crippen LogP contribution in [0.4, 0.5) is 10.6 Å². The van der Waals surface area contributed by atoms with E-state index in [0.29, 0.717) is 13.0 Å². The van der Waals surface area contributed by atoms with Gasteiger partial charge in [0.2, 0.25) is 0 Å². The average molecular weight is 299 g/mol. The molecule has 22 heavy (non-hydrogen) atoms. The van der Waals surface area contributed by atoms with Crippen molar-refractivity contribution < 1.29 is 9.53 Å². The molecule has 0 saturated heterocycles. The van der Waals surface area contributed by atoms with Crippen molar-refractivity contribution in [3.05, 3.63) is 59.8 Å². The fourth-order valence-corrected chi connectivity index (χ4v) is 1.92. The predicted molar refractivity (Wildman–Crippen MR) is 86.9 cm³/mol. The summed E-state index contributed by atoms with van der Waals surface area (Å²) in [5.74, 6) is 0.907. The number of nitrogens with one attached hydrogen (secondary N) is 1. The first-order valence-corrected chi connectivity index (χ1v) is 7.23. The van der Waals surface area contributed by atoms with Gasteiger partial charge in [-0.25, -0.2) is 9.78 Å². The zero-order valence-electron chi connectivity index (χ0n) is 13.0. The lowest BCUT2D eigenvalue weighted by molar-refractivity contribution is 0.140. The summed E-state index contributed by atoms with van der Waals surface area (Å²) in [6.07, 6.45) is 0.259. The molecule has 1 N–H and O–H groups in total. The molecular formula is C17H21N3O2. The molecule has 0 unspecified atom stereocenters. The van der Waals surface area contributed by atoms with Crippen molar-refractivity contribution >= 4 is 11.9 Å². The maximum Gasteiger partial charge on any atom is 0.407 e. The van der Waals surface area contributed by atoms with Crippen molar-refractivity contribution in [2.45, 2.75) is 13.0 Å². The number of amides is 1. The summed E-state index contributed by atoms with van der Waals surface area (Å²) in [5, 5.41) is 2.74. The number of benzene rings is 1. The van der Waals surface area contributed by atoms with Gasteiger partial charge in [-0.3, -0.25) is 0 Å². The van der Waals surface area contributed by atoms with Crippen LogP contribution in [0.3, 0.4) is 0 Å². The van der Waals surface area contributed by atoms with Crippen LogP contribution < -0.4 is 10.2 Å². The first-order chi connectivity index (χ1) is 10.6. The number of hydrogen-bond acceptors (Lipinski definition) is 4. The number of carbonyl (C=O) groups is 1. The normalized spacial score (nSPS) is 10.1. The number of aromatic nitrogens is 1. The number of nitrogens with zero attached hydrogens (tertiary/aromatic N) is 2. The molecule has 0 bridgehead atoms. The van der Waals surface area contributed by atoms with Gasteiger partial charge in [0.1, 0.15) is 12.4 Å². The van der Waals surface area contributed by atoms with Gasteiger partial charge in [-0.05, 0) is 17.7 Å². The van der Waals surface area contributed by atoms with Crippen LogP contribution in [0.1, 0.15) is 11.3 Å². The maximum atomic E-state index is 11.6. The first kappa shape index (κ1) is 15.8. The van der Waals surface area contributed by atoms with E-state index in [2.05, 4.69) is 10.3 Å². The Morgan fingerprint density at radius 2 is 1.91 bits per heavy atom. The van der Waals surface area contributed by atoms with Gasteiger partial charge >= 0.3 is 6.09 Å². The summed E-state index contributed by atoms with van der Waals surface area (Å²) in [6.45, 7) is 0.776. The highest BCUT2D eigenvalue weighted by Crippen LogP contribution is 2.08. The smallest absolute Gasteiger partial charge is 0.407 e. The van der Waals surface area contributed by atoms with E-state index < -0.39 is 6.09 Å². The Balaban J connectivity index is 1.72. The summed E-state index contributed by atoms with van der Waals surface area (Å²) in [6, 6.07) is 15.5. The van der Waals surface area contributed by atoms with Crippen LogP contribution in [0, 0.1) is 0 Å². The number of rotatable bonds is 6. The standard InChI is InChI=1S/C17H21N3O2/c1-20(2)16-10-6-9-15(19-16)11-12-18-17(21)22-13-14-7-4-3-5-8-14/h3-10H,11-13H2,1-2H3,(H,18,21). The molecule has 0 aliphatic heterocycles. The van der Waals surface area contributed by atoms with Crippen LogP contribution in [-0.2, 0) is 17.8 Å². The fraction of sp³-hybridized carbons (Fsp3) is 0.294. The zero-order valence-corrected chi connectivity index (χ0v) is 13.0. The van der Waals surface area contributed by atoms with Crippen LogP contribution in [0.25, 0.3) is 0 Å². The van der Waals surface area contributed by atoms with E-state index in [1.807, 2.05) is 67.5 Å². The van der Waals surface area contributed by atoms with E-state index in [4.69, 9.17) is 4.74 Å². The lowest BCUT2D eigenvalue weighted by atomic mass is 10.2. The topological polar surface area (TPSA) is 54.5 Å². The van der Waals surface area contributed by atoms with Gasteiger partial charge in [0.25, 0.3) is 0 Å². The first-order valence-electron chi connectivity index (χ1n) is 7.23. The van der Waals surface area contributed by atoms with E-state index in [0.717, 1.165) is 17.1 Å². The Hall–Kier alpha value is -2.56. The SMILES string of the molecule is CN(C)c1cccc(CCNC(=O)OCc2ccccc2)n1. The molecule has 0 saturated carbocycles. The fourth-order valence-electron chi connectivity index (χ4n) is 1.92. The summed E-state index contributed by atoms with van der Waals surface area (Å²) in [4.78, 5) is 18.1. The van der Waals surface area contributed by atoms with E-state index in [1.54, 1.807) is 0 Å². The van der Waals surface area contributed by atoms with Crippen molar-refractivity contribution in [1.82, 2.24) is 10.3 Å². The molecule has 0 spiro atoms. The lowest BCUT2D eigenvalue weighted by Crippen LogP contribution is -2.26. The Kier molecular flexibility index (Phi) is 5.77. The average Bonchev–Trinajstić information content (AvgIpc) is 2.54. The third-order valence-corrected chi connectivity index (χ3v) is 3.11. The molecule has 0 fully saturated rings. The highest BCUT2D eigenvalue weighted by atomic mass is 16.5. The Morgan fingerprint density at radius 3 is 2.64 bits per heavy atom. The van der Waals surface area contributed by atoms with E-state index in [1.165, 1.54) is 0 Å². The third kappa shape index (κ3) is 5.09. The Labute approximate surface area is 130 Å². The van der Waals surface area contributed by atoms with Crippen molar-refractivity contribution in [3.63, 3.8) is 0 Å². The minimum absolute atomic E-state index is 0.279. The quantitative estimate of drug-likeness (QED) is 0.891. The molecule has 1 aromatic carbocycles. The number of pyridine rings is 1. The molecule has 1 aromatic heterocycles. The van der Waals surface area contributed by atoms with Gasteiger partial charge in [0, 0.05) is 32.8 Å². The van der Waals surface area contributed by atoms with Crippen LogP contribution in [-0.4, -0.2) is 31.7 Å². The van der Waals surface area contributed by atoms with Gasteiger partial charge in [0.05, 0.1) is 0 Å². The van der Waals surface area contributed by atoms with E-state index in [9.17, 15) is 4.79 Å². The Morgan fingerprint density at radius 1 is 1.14 bits per heavy atom. The molecule has 5 heteroatoms. The van der Waals surface area contributed by atoms with Gasteiger partial charge < -0.3 is 15.0 Å². The monoisotopic (exact) mass is 299 g/mol. The van der Waals surface area contributed by atoms with Crippen LogP contribution in [0.2, 0.25) is 0 Å². The molecule has 1 amide bonds. The summed E-state index contributed by atoms with van der Waals surface area (Å²) in [5.41, 5.74) is 1.91. The summed E-state index contributed by atoms with van der Waals surface area (Å²) < 4.78 is 5.15. The van der Waals surface area contributed by atoms with E-state index in [-0.39, 0.29) is 6.61 Å². The van der Waals surface area contributed by atoms with Crippen molar-refractivity contribution in [2.24, 2.45) is 0 Å².